The molecule has 2 unspecified atom stereocenters. The van der Waals surface area contributed by atoms with Crippen LogP contribution in [0.2, 0.25) is 0 Å². The maximum atomic E-state index is 11.8. The fourth-order valence-corrected chi connectivity index (χ4v) is 1.75. The van der Waals surface area contributed by atoms with Crippen molar-refractivity contribution in [3.8, 4) is 0 Å². The molecule has 4 heteroatoms. The summed E-state index contributed by atoms with van der Waals surface area (Å²) in [5, 5.41) is 0. The molecule has 0 rings (SSSR count). The van der Waals surface area contributed by atoms with Crippen molar-refractivity contribution in [1.82, 2.24) is 0 Å². The number of hydrogen-bond donors (Lipinski definition) is 0. The highest BCUT2D eigenvalue weighted by Gasteiger charge is 2.25. The maximum Gasteiger partial charge on any atom is 0.332 e. The highest BCUT2D eigenvalue weighted by atomic mass is 16.6. The molecule has 0 aromatic carbocycles. The van der Waals surface area contributed by atoms with Crippen LogP contribution in [0.5, 0.6) is 0 Å². The van der Waals surface area contributed by atoms with Crippen molar-refractivity contribution in [1.29, 1.82) is 0 Å². The van der Waals surface area contributed by atoms with Gasteiger partial charge in [-0.3, -0.25) is 0 Å². The second-order valence-corrected chi connectivity index (χ2v) is 5.74. The normalized spacial score (nSPS) is 14.5. The Labute approximate surface area is 110 Å². The smallest absolute Gasteiger partial charge is 0.332 e. The number of ether oxygens (including phenoxy) is 1. The Morgan fingerprint density at radius 3 is 2.33 bits per heavy atom. The van der Waals surface area contributed by atoms with Gasteiger partial charge in [-0.25, -0.2) is 9.59 Å². The number of isocyanates is 1. The lowest BCUT2D eigenvalue weighted by molar-refractivity contribution is -0.156. The number of carbonyl (C=O) groups excluding carboxylic acids is 2. The van der Waals surface area contributed by atoms with Crippen molar-refractivity contribution in [3.05, 3.63) is 0 Å². The van der Waals surface area contributed by atoms with Gasteiger partial charge in [-0.2, -0.15) is 4.99 Å². The summed E-state index contributed by atoms with van der Waals surface area (Å²) in [6.07, 6.45) is 5.11. The molecular formula is C14H25NO3. The van der Waals surface area contributed by atoms with E-state index in [0.29, 0.717) is 12.3 Å². The summed E-state index contributed by atoms with van der Waals surface area (Å²) in [6, 6.07) is -0.707. The summed E-state index contributed by atoms with van der Waals surface area (Å²) >= 11 is 0. The Kier molecular flexibility index (Phi) is 7.53. The zero-order valence-corrected chi connectivity index (χ0v) is 12.2. The maximum absolute atomic E-state index is 11.8. The molecule has 0 aromatic heterocycles. The van der Waals surface area contributed by atoms with Crippen molar-refractivity contribution in [2.24, 2.45) is 10.9 Å². The minimum atomic E-state index is -0.707. The number of rotatable bonds is 7. The van der Waals surface area contributed by atoms with E-state index in [-0.39, 0.29) is 0 Å². The van der Waals surface area contributed by atoms with Gasteiger partial charge >= 0.3 is 5.97 Å². The van der Waals surface area contributed by atoms with Gasteiger partial charge in [0, 0.05) is 0 Å². The summed E-state index contributed by atoms with van der Waals surface area (Å²) < 4.78 is 5.23. The molecule has 0 fully saturated rings. The molecule has 0 saturated heterocycles. The molecule has 0 spiro atoms. The largest absolute Gasteiger partial charge is 0.458 e. The minimum Gasteiger partial charge on any atom is -0.458 e. The molecule has 0 bridgehead atoms. The molecule has 0 amide bonds. The number of nitrogens with zero attached hydrogens (tertiary/aromatic N) is 1. The summed E-state index contributed by atoms with van der Waals surface area (Å²) in [6.45, 7) is 9.66. The Morgan fingerprint density at radius 2 is 1.89 bits per heavy atom. The van der Waals surface area contributed by atoms with E-state index in [0.717, 1.165) is 19.3 Å². The van der Waals surface area contributed by atoms with Crippen molar-refractivity contribution in [2.45, 2.75) is 71.9 Å². The predicted octanol–water partition coefficient (Wildman–Crippen LogP) is 3.25. The van der Waals surface area contributed by atoms with Gasteiger partial charge in [0.15, 0.2) is 6.04 Å². The van der Waals surface area contributed by atoms with Gasteiger partial charge in [-0.15, -0.1) is 0 Å². The lowest BCUT2D eigenvalue weighted by Crippen LogP contribution is -2.31. The monoisotopic (exact) mass is 255 g/mol. The van der Waals surface area contributed by atoms with Gasteiger partial charge in [0.2, 0.25) is 6.08 Å². The SMILES string of the molecule is CCCC(C)CCC(N=C=O)C(=O)OC(C)(C)C. The van der Waals surface area contributed by atoms with Crippen LogP contribution in [0, 0.1) is 5.92 Å². The fourth-order valence-electron chi connectivity index (χ4n) is 1.75. The van der Waals surface area contributed by atoms with Crippen LogP contribution in [0.1, 0.15) is 60.3 Å². The van der Waals surface area contributed by atoms with E-state index in [4.69, 9.17) is 4.74 Å². The summed E-state index contributed by atoms with van der Waals surface area (Å²) in [4.78, 5) is 25.7. The zero-order chi connectivity index (χ0) is 14.2. The minimum absolute atomic E-state index is 0.436. The van der Waals surface area contributed by atoms with Crippen LogP contribution in [-0.4, -0.2) is 23.7 Å². The molecule has 2 atom stereocenters. The first-order valence-corrected chi connectivity index (χ1v) is 6.60. The highest BCUT2D eigenvalue weighted by molar-refractivity contribution is 5.77. The molecule has 0 heterocycles. The van der Waals surface area contributed by atoms with Crippen molar-refractivity contribution >= 4 is 12.0 Å². The van der Waals surface area contributed by atoms with Gasteiger partial charge in [0.25, 0.3) is 0 Å². The van der Waals surface area contributed by atoms with Crippen LogP contribution in [0.25, 0.3) is 0 Å². The number of hydrogen-bond acceptors (Lipinski definition) is 4. The van der Waals surface area contributed by atoms with Crippen LogP contribution in [0.15, 0.2) is 4.99 Å². The number of aliphatic imine (C=N–C) groups is 1. The molecular weight excluding hydrogens is 230 g/mol. The molecule has 0 aliphatic heterocycles. The third-order valence-electron chi connectivity index (χ3n) is 2.60. The Morgan fingerprint density at radius 1 is 1.28 bits per heavy atom. The lowest BCUT2D eigenvalue weighted by atomic mass is 9.97. The van der Waals surface area contributed by atoms with Gasteiger partial charge in [0.05, 0.1) is 0 Å². The van der Waals surface area contributed by atoms with E-state index in [1.807, 2.05) is 0 Å². The van der Waals surface area contributed by atoms with Crippen molar-refractivity contribution in [3.63, 3.8) is 0 Å². The first-order valence-electron chi connectivity index (χ1n) is 6.60. The summed E-state index contributed by atoms with van der Waals surface area (Å²) in [5.41, 5.74) is -0.553. The summed E-state index contributed by atoms with van der Waals surface area (Å²) in [7, 11) is 0. The first kappa shape index (κ1) is 16.9. The standard InChI is InChI=1S/C14H25NO3/c1-6-7-11(2)8-9-12(15-10-16)13(17)18-14(3,4)5/h11-12H,6-9H2,1-5H3. The predicted molar refractivity (Wildman–Crippen MR) is 71.1 cm³/mol. The summed E-state index contributed by atoms with van der Waals surface area (Å²) in [5.74, 6) is 0.0938. The van der Waals surface area contributed by atoms with E-state index in [1.165, 1.54) is 6.08 Å². The van der Waals surface area contributed by atoms with E-state index in [1.54, 1.807) is 20.8 Å². The van der Waals surface area contributed by atoms with Crippen LogP contribution in [-0.2, 0) is 14.3 Å². The third kappa shape index (κ3) is 8.02. The Bertz CT molecular complexity index is 301. The zero-order valence-electron chi connectivity index (χ0n) is 12.2. The molecule has 0 radical (unpaired) electrons. The van der Waals surface area contributed by atoms with Crippen molar-refractivity contribution < 1.29 is 14.3 Å². The molecule has 0 aliphatic carbocycles. The van der Waals surface area contributed by atoms with E-state index in [9.17, 15) is 9.59 Å². The Hall–Kier alpha value is -1.15. The van der Waals surface area contributed by atoms with E-state index < -0.39 is 17.6 Å². The van der Waals surface area contributed by atoms with Gasteiger partial charge in [-0.05, 0) is 39.5 Å². The number of esters is 1. The van der Waals surface area contributed by atoms with Crippen LogP contribution >= 0.6 is 0 Å². The molecule has 0 aliphatic rings. The third-order valence-corrected chi connectivity index (χ3v) is 2.60. The Balaban J connectivity index is 4.39. The van der Waals surface area contributed by atoms with Gasteiger partial charge in [0.1, 0.15) is 5.60 Å². The second-order valence-electron chi connectivity index (χ2n) is 5.74. The molecule has 104 valence electrons. The molecule has 0 saturated carbocycles. The first-order chi connectivity index (χ1) is 8.30. The van der Waals surface area contributed by atoms with Gasteiger partial charge < -0.3 is 4.74 Å². The quantitative estimate of drug-likeness (QED) is 0.398. The van der Waals surface area contributed by atoms with Crippen LogP contribution in [0.3, 0.4) is 0 Å². The molecule has 18 heavy (non-hydrogen) atoms. The van der Waals surface area contributed by atoms with E-state index in [2.05, 4.69) is 18.8 Å². The second kappa shape index (κ2) is 8.04. The van der Waals surface area contributed by atoms with Crippen LogP contribution < -0.4 is 0 Å². The van der Waals surface area contributed by atoms with Crippen LogP contribution in [0.4, 0.5) is 0 Å². The fraction of sp³-hybridized carbons (Fsp3) is 0.857. The highest BCUT2D eigenvalue weighted by Crippen LogP contribution is 2.17. The number of carbonyl (C=O) groups is 1. The average molecular weight is 255 g/mol. The molecule has 4 nitrogen and oxygen atoms in total. The van der Waals surface area contributed by atoms with E-state index >= 15 is 0 Å². The molecule has 0 aromatic rings. The molecule has 0 N–H and O–H groups in total. The topological polar surface area (TPSA) is 55.7 Å². The average Bonchev–Trinajstić information content (AvgIpc) is 2.22. The lowest BCUT2D eigenvalue weighted by Gasteiger charge is -2.22. The van der Waals surface area contributed by atoms with Gasteiger partial charge in [-0.1, -0.05) is 26.7 Å². The van der Waals surface area contributed by atoms with Crippen molar-refractivity contribution in [2.75, 3.05) is 0 Å².